The Kier molecular flexibility index (Phi) is 5.43. The van der Waals surface area contributed by atoms with Crippen molar-refractivity contribution in [2.45, 2.75) is 31.2 Å². The van der Waals surface area contributed by atoms with Crippen molar-refractivity contribution in [3.8, 4) is 0 Å². The molecule has 0 saturated heterocycles. The third kappa shape index (κ3) is 4.25. The Morgan fingerprint density at radius 2 is 2.04 bits per heavy atom. The minimum Gasteiger partial charge on any atom is -0.364 e. The Labute approximate surface area is 157 Å². The van der Waals surface area contributed by atoms with Crippen LogP contribution in [0.1, 0.15) is 29.9 Å². The highest BCUT2D eigenvalue weighted by Gasteiger charge is 2.22. The zero-order chi connectivity index (χ0) is 19.6. The minimum atomic E-state index is -3.56. The summed E-state index contributed by atoms with van der Waals surface area (Å²) in [5.41, 5.74) is 1.83. The van der Waals surface area contributed by atoms with E-state index in [4.69, 9.17) is 4.52 Å². The summed E-state index contributed by atoms with van der Waals surface area (Å²) in [7, 11) is -1.67. The average molecular weight is 392 g/mol. The van der Waals surface area contributed by atoms with E-state index in [1.54, 1.807) is 28.8 Å². The fraction of sp³-hybridized carbons (Fsp3) is 0.333. The number of sulfone groups is 1. The van der Waals surface area contributed by atoms with Gasteiger partial charge in [0.25, 0.3) is 0 Å². The number of aromatic nitrogens is 3. The first kappa shape index (κ1) is 19.2. The molecule has 27 heavy (non-hydrogen) atoms. The van der Waals surface area contributed by atoms with Crippen LogP contribution in [0.3, 0.4) is 0 Å². The third-order valence-electron chi connectivity index (χ3n) is 4.48. The van der Waals surface area contributed by atoms with E-state index in [0.717, 1.165) is 11.9 Å². The Bertz CT molecular complexity index is 1020. The Balaban J connectivity index is 1.93. The molecule has 0 N–H and O–H groups in total. The molecule has 3 aromatic rings. The first-order valence-corrected chi connectivity index (χ1v) is 10.2. The van der Waals surface area contributed by atoms with Crippen molar-refractivity contribution in [1.82, 2.24) is 19.6 Å². The van der Waals surface area contributed by atoms with Crippen molar-refractivity contribution < 1.29 is 17.3 Å². The Morgan fingerprint density at radius 3 is 2.67 bits per heavy atom. The van der Waals surface area contributed by atoms with Crippen LogP contribution in [0.5, 0.6) is 0 Å². The number of rotatable bonds is 7. The molecule has 1 atom stereocenters. The molecule has 9 heteroatoms. The van der Waals surface area contributed by atoms with Crippen LogP contribution in [0.2, 0.25) is 0 Å². The van der Waals surface area contributed by atoms with Crippen LogP contribution in [0.15, 0.2) is 52.5 Å². The van der Waals surface area contributed by atoms with Crippen molar-refractivity contribution in [2.24, 2.45) is 0 Å². The van der Waals surface area contributed by atoms with Gasteiger partial charge in [-0.15, -0.1) is 0 Å². The van der Waals surface area contributed by atoms with Gasteiger partial charge in [-0.25, -0.2) is 17.8 Å². The zero-order valence-electron chi connectivity index (χ0n) is 15.3. The largest absolute Gasteiger partial charge is 0.364 e. The van der Waals surface area contributed by atoms with E-state index in [1.165, 1.54) is 18.5 Å². The molecule has 0 bridgehead atoms. The highest BCUT2D eigenvalue weighted by molar-refractivity contribution is 7.90. The maximum absolute atomic E-state index is 14.1. The molecule has 0 aliphatic heterocycles. The maximum atomic E-state index is 14.1. The molecule has 144 valence electrons. The number of hydrogen-bond donors (Lipinski definition) is 0. The molecule has 0 spiro atoms. The molecule has 0 aliphatic rings. The van der Waals surface area contributed by atoms with Crippen molar-refractivity contribution >= 4 is 9.84 Å². The van der Waals surface area contributed by atoms with Gasteiger partial charge in [-0.1, -0.05) is 23.4 Å². The van der Waals surface area contributed by atoms with Gasteiger partial charge >= 0.3 is 0 Å². The van der Waals surface area contributed by atoms with Crippen molar-refractivity contribution in [2.75, 3.05) is 13.3 Å². The molecule has 0 saturated carbocycles. The summed E-state index contributed by atoms with van der Waals surface area (Å²) in [5.74, 6) is -0.388. The maximum Gasteiger partial charge on any atom is 0.227 e. The van der Waals surface area contributed by atoms with Gasteiger partial charge < -0.3 is 9.09 Å². The molecular formula is C18H21FN4O3S. The summed E-state index contributed by atoms with van der Waals surface area (Å²) in [4.78, 5) is 6.07. The van der Waals surface area contributed by atoms with Crippen LogP contribution >= 0.6 is 0 Å². The molecule has 1 unspecified atom stereocenters. The molecular weight excluding hydrogens is 371 g/mol. The molecule has 7 nitrogen and oxygen atoms in total. The van der Waals surface area contributed by atoms with E-state index in [2.05, 4.69) is 10.1 Å². The minimum absolute atomic E-state index is 0.0535. The molecule has 1 aromatic carbocycles. The normalized spacial score (nSPS) is 13.2. The van der Waals surface area contributed by atoms with E-state index in [0.29, 0.717) is 17.8 Å². The molecule has 2 heterocycles. The smallest absolute Gasteiger partial charge is 0.227 e. The van der Waals surface area contributed by atoms with Crippen molar-refractivity contribution in [1.29, 1.82) is 0 Å². The van der Waals surface area contributed by atoms with Gasteiger partial charge in [0, 0.05) is 24.4 Å². The fourth-order valence-corrected chi connectivity index (χ4v) is 3.66. The van der Waals surface area contributed by atoms with Crippen LogP contribution in [0.4, 0.5) is 4.39 Å². The van der Waals surface area contributed by atoms with Gasteiger partial charge in [0.2, 0.25) is 15.0 Å². The van der Waals surface area contributed by atoms with E-state index in [9.17, 15) is 12.8 Å². The molecule has 0 aliphatic carbocycles. The summed E-state index contributed by atoms with van der Waals surface area (Å²) in [6.07, 6.45) is 4.12. The fourth-order valence-electron chi connectivity index (χ4n) is 2.84. The van der Waals surface area contributed by atoms with E-state index in [-0.39, 0.29) is 23.6 Å². The van der Waals surface area contributed by atoms with Gasteiger partial charge in [0.1, 0.15) is 17.8 Å². The van der Waals surface area contributed by atoms with Crippen molar-refractivity contribution in [3.63, 3.8) is 0 Å². The van der Waals surface area contributed by atoms with E-state index in [1.807, 2.05) is 18.9 Å². The number of imidazole rings is 1. The van der Waals surface area contributed by atoms with Crippen LogP contribution in [0, 0.1) is 5.82 Å². The SMILES string of the molecule is CC(c1ccon1)N(C)Cc1cnc(S(C)(=O)=O)n1Cc1ccccc1F. The second-order valence-corrected chi connectivity index (χ2v) is 8.41. The first-order valence-electron chi connectivity index (χ1n) is 8.35. The monoisotopic (exact) mass is 392 g/mol. The van der Waals surface area contributed by atoms with Crippen LogP contribution in [-0.4, -0.2) is 41.3 Å². The summed E-state index contributed by atoms with van der Waals surface area (Å²) in [6.45, 7) is 2.45. The lowest BCUT2D eigenvalue weighted by molar-refractivity contribution is 0.234. The first-order chi connectivity index (χ1) is 12.8. The van der Waals surface area contributed by atoms with Gasteiger partial charge in [-0.3, -0.25) is 4.90 Å². The predicted molar refractivity (Wildman–Crippen MR) is 97.2 cm³/mol. The van der Waals surface area contributed by atoms with E-state index >= 15 is 0 Å². The molecule has 0 amide bonds. The second-order valence-electron chi connectivity index (χ2n) is 6.50. The average Bonchev–Trinajstić information content (AvgIpc) is 3.26. The van der Waals surface area contributed by atoms with Crippen LogP contribution in [0.25, 0.3) is 0 Å². The number of benzene rings is 1. The Morgan fingerprint density at radius 1 is 1.30 bits per heavy atom. The molecule has 3 rings (SSSR count). The lowest BCUT2D eigenvalue weighted by Gasteiger charge is -2.23. The molecule has 0 radical (unpaired) electrons. The topological polar surface area (TPSA) is 81.2 Å². The Hall–Kier alpha value is -2.52. The summed E-state index contributed by atoms with van der Waals surface area (Å²) in [5, 5.41) is 3.86. The summed E-state index contributed by atoms with van der Waals surface area (Å²) >= 11 is 0. The number of hydrogen-bond acceptors (Lipinski definition) is 6. The summed E-state index contributed by atoms with van der Waals surface area (Å²) < 4.78 is 44.8. The predicted octanol–water partition coefficient (Wildman–Crippen LogP) is 2.66. The quantitative estimate of drug-likeness (QED) is 0.615. The lowest BCUT2D eigenvalue weighted by atomic mass is 10.2. The van der Waals surface area contributed by atoms with E-state index < -0.39 is 9.84 Å². The van der Waals surface area contributed by atoms with Crippen molar-refractivity contribution in [3.05, 3.63) is 65.6 Å². The van der Waals surface area contributed by atoms with Gasteiger partial charge in [-0.05, 0) is 20.0 Å². The highest BCUT2D eigenvalue weighted by Crippen LogP contribution is 2.22. The highest BCUT2D eigenvalue weighted by atomic mass is 32.2. The molecule has 0 fully saturated rings. The second kappa shape index (κ2) is 7.61. The molecule has 2 aromatic heterocycles. The van der Waals surface area contributed by atoms with Crippen LogP contribution in [-0.2, 0) is 22.9 Å². The number of halogens is 1. The van der Waals surface area contributed by atoms with Gasteiger partial charge in [-0.2, -0.15) is 0 Å². The third-order valence-corrected chi connectivity index (χ3v) is 5.47. The zero-order valence-corrected chi connectivity index (χ0v) is 16.1. The van der Waals surface area contributed by atoms with Crippen LogP contribution < -0.4 is 0 Å². The van der Waals surface area contributed by atoms with Gasteiger partial charge in [0.05, 0.1) is 24.5 Å². The lowest BCUT2D eigenvalue weighted by Crippen LogP contribution is -2.24. The standard InChI is InChI=1S/C18H21FN4O3S/c1-13(17-8-9-26-21-17)22(2)12-15-10-20-18(27(3,24)25)23(15)11-14-6-4-5-7-16(14)19/h4-10,13H,11-12H2,1-3H3. The summed E-state index contributed by atoms with van der Waals surface area (Å²) in [6, 6.07) is 8.02. The van der Waals surface area contributed by atoms with Gasteiger partial charge in [0.15, 0.2) is 0 Å². The number of nitrogens with zero attached hydrogens (tertiary/aromatic N) is 4.